The summed E-state index contributed by atoms with van der Waals surface area (Å²) in [7, 11) is 0. The van der Waals surface area contributed by atoms with Gasteiger partial charge in [0.25, 0.3) is 0 Å². The van der Waals surface area contributed by atoms with Crippen molar-refractivity contribution in [1.29, 1.82) is 0 Å². The maximum Gasteiger partial charge on any atom is 0.227 e. The number of fused-ring (bicyclic) bond motifs is 1. The maximum absolute atomic E-state index is 12.8. The molecule has 0 atom stereocenters. The molecular weight excluding hydrogens is 494 g/mol. The first kappa shape index (κ1) is 28.6. The van der Waals surface area contributed by atoms with Crippen LogP contribution in [0.25, 0.3) is 10.9 Å². The molecule has 5 nitrogen and oxygen atoms in total. The van der Waals surface area contributed by atoms with E-state index in [0.717, 1.165) is 81.5 Å². The van der Waals surface area contributed by atoms with Gasteiger partial charge >= 0.3 is 0 Å². The van der Waals surface area contributed by atoms with E-state index in [2.05, 4.69) is 47.2 Å². The Morgan fingerprint density at radius 2 is 1.75 bits per heavy atom. The third-order valence-corrected chi connectivity index (χ3v) is 8.93. The van der Waals surface area contributed by atoms with Crippen LogP contribution in [0.2, 0.25) is 0 Å². The molecular formula is C35H47N3O2. The average molecular weight is 542 g/mol. The van der Waals surface area contributed by atoms with Crippen molar-refractivity contribution < 1.29 is 9.53 Å². The first-order chi connectivity index (χ1) is 19.6. The fourth-order valence-electron chi connectivity index (χ4n) is 6.45. The number of piperidine rings is 1. The summed E-state index contributed by atoms with van der Waals surface area (Å²) in [5.74, 6) is 1.98. The highest BCUT2D eigenvalue weighted by molar-refractivity contribution is 5.92. The summed E-state index contributed by atoms with van der Waals surface area (Å²) in [5.41, 5.74) is 4.48. The molecule has 2 aliphatic rings. The molecule has 5 heteroatoms. The van der Waals surface area contributed by atoms with Gasteiger partial charge in [0, 0.05) is 42.8 Å². The minimum atomic E-state index is 0.141. The second kappa shape index (κ2) is 14.1. The number of ether oxygens (including phenoxy) is 1. The summed E-state index contributed by atoms with van der Waals surface area (Å²) in [6.07, 6.45) is 14.7. The number of likely N-dealkylation sites (tertiary alicyclic amines) is 1. The van der Waals surface area contributed by atoms with Crippen LogP contribution in [0, 0.1) is 18.8 Å². The summed E-state index contributed by atoms with van der Waals surface area (Å²) in [6, 6.07) is 16.8. The van der Waals surface area contributed by atoms with Gasteiger partial charge in [0.2, 0.25) is 5.91 Å². The number of pyridine rings is 1. The van der Waals surface area contributed by atoms with Crippen molar-refractivity contribution in [2.45, 2.75) is 90.6 Å². The van der Waals surface area contributed by atoms with E-state index in [-0.39, 0.29) is 17.9 Å². The lowest BCUT2D eigenvalue weighted by Gasteiger charge is -2.36. The number of aromatic nitrogens is 1. The zero-order valence-electron chi connectivity index (χ0n) is 24.5. The number of nitrogens with one attached hydrogen (secondary N) is 1. The number of hydrogen-bond donors (Lipinski definition) is 1. The van der Waals surface area contributed by atoms with Gasteiger partial charge in [-0.25, -0.2) is 0 Å². The van der Waals surface area contributed by atoms with Gasteiger partial charge < -0.3 is 15.0 Å². The van der Waals surface area contributed by atoms with Crippen LogP contribution < -0.4 is 10.1 Å². The number of amides is 1. The molecule has 1 saturated heterocycles. The van der Waals surface area contributed by atoms with Crippen LogP contribution >= 0.6 is 0 Å². The van der Waals surface area contributed by atoms with Crippen LogP contribution in [-0.2, 0) is 11.2 Å². The van der Waals surface area contributed by atoms with Gasteiger partial charge in [-0.15, -0.1) is 0 Å². The average Bonchev–Trinajstić information content (AvgIpc) is 2.98. The van der Waals surface area contributed by atoms with Crippen molar-refractivity contribution in [3.63, 3.8) is 0 Å². The number of carbonyl (C=O) groups excluding carboxylic acids is 1. The SMILES string of the molecule is CCCCCCc1cc(OC2CCN(C[C@H]3CC[C@H](C(=O)Nc4ccc(C)cc4)CC3)CC2)c2ncccc2c1. The number of nitrogens with zero attached hydrogens (tertiary/aromatic N) is 2. The standard InChI is InChI=1S/C35H47N3O2/c1-3-4-5-6-8-28-23-30-9-7-20-36-34(30)33(24-28)40-32-18-21-38(22-19-32)25-27-12-14-29(15-13-27)35(39)37-31-16-10-26(2)11-17-31/h7,9-11,16-17,20,23-24,27,29,32H,3-6,8,12-15,18-19,21-22,25H2,1-2H3,(H,37,39)/t27-,29-. The van der Waals surface area contributed by atoms with E-state index in [9.17, 15) is 4.79 Å². The molecule has 214 valence electrons. The van der Waals surface area contributed by atoms with Crippen molar-refractivity contribution in [3.8, 4) is 5.75 Å². The van der Waals surface area contributed by atoms with E-state index < -0.39 is 0 Å². The van der Waals surface area contributed by atoms with Gasteiger partial charge in [0.1, 0.15) is 17.4 Å². The van der Waals surface area contributed by atoms with Crippen molar-refractivity contribution in [1.82, 2.24) is 9.88 Å². The molecule has 0 spiro atoms. The number of aryl methyl sites for hydroxylation is 2. The molecule has 0 unspecified atom stereocenters. The number of anilines is 1. The number of unbranched alkanes of at least 4 members (excludes halogenated alkanes) is 3. The lowest BCUT2D eigenvalue weighted by molar-refractivity contribution is -0.121. The first-order valence-electron chi connectivity index (χ1n) is 15.7. The summed E-state index contributed by atoms with van der Waals surface area (Å²) in [6.45, 7) is 7.65. The van der Waals surface area contributed by atoms with E-state index in [4.69, 9.17) is 4.74 Å². The van der Waals surface area contributed by atoms with Gasteiger partial charge in [-0.1, -0.05) is 49.9 Å². The minimum Gasteiger partial charge on any atom is -0.488 e. The Balaban J connectivity index is 1.07. The van der Waals surface area contributed by atoms with Gasteiger partial charge in [0.05, 0.1) is 0 Å². The molecule has 0 bridgehead atoms. The zero-order chi connectivity index (χ0) is 27.7. The zero-order valence-corrected chi connectivity index (χ0v) is 24.5. The molecule has 1 aliphatic heterocycles. The molecule has 2 fully saturated rings. The smallest absolute Gasteiger partial charge is 0.227 e. The molecule has 40 heavy (non-hydrogen) atoms. The van der Waals surface area contributed by atoms with Gasteiger partial charge in [-0.2, -0.15) is 0 Å². The Hall–Kier alpha value is -2.92. The molecule has 1 amide bonds. The maximum atomic E-state index is 12.8. The Morgan fingerprint density at radius 1 is 0.975 bits per heavy atom. The third kappa shape index (κ3) is 7.84. The van der Waals surface area contributed by atoms with Crippen molar-refractivity contribution in [3.05, 3.63) is 65.9 Å². The van der Waals surface area contributed by atoms with E-state index in [1.807, 2.05) is 36.5 Å². The molecule has 1 aromatic heterocycles. The Bertz CT molecular complexity index is 1230. The third-order valence-electron chi connectivity index (χ3n) is 8.93. The summed E-state index contributed by atoms with van der Waals surface area (Å²) >= 11 is 0. The number of hydrogen-bond acceptors (Lipinski definition) is 4. The number of benzene rings is 2. The van der Waals surface area contributed by atoms with Gasteiger partial charge in [-0.05, 0) is 100 Å². The highest BCUT2D eigenvalue weighted by Crippen LogP contribution is 2.32. The number of carbonyl (C=O) groups is 1. The molecule has 5 rings (SSSR count). The largest absolute Gasteiger partial charge is 0.488 e. The van der Waals surface area contributed by atoms with Crippen molar-refractivity contribution in [2.75, 3.05) is 25.0 Å². The fourth-order valence-corrected chi connectivity index (χ4v) is 6.45. The quantitative estimate of drug-likeness (QED) is 0.250. The Kier molecular flexibility index (Phi) is 10.1. The van der Waals surface area contributed by atoms with E-state index >= 15 is 0 Å². The summed E-state index contributed by atoms with van der Waals surface area (Å²) in [5, 5.41) is 4.31. The summed E-state index contributed by atoms with van der Waals surface area (Å²) < 4.78 is 6.64. The van der Waals surface area contributed by atoms with Crippen LogP contribution in [-0.4, -0.2) is 41.5 Å². The molecule has 1 saturated carbocycles. The van der Waals surface area contributed by atoms with Gasteiger partial charge in [0.15, 0.2) is 0 Å². The van der Waals surface area contributed by atoms with Crippen molar-refractivity contribution in [2.24, 2.45) is 11.8 Å². The lowest BCUT2D eigenvalue weighted by Crippen LogP contribution is -2.41. The van der Waals surface area contributed by atoms with Crippen LogP contribution in [0.15, 0.2) is 54.7 Å². The van der Waals surface area contributed by atoms with E-state index in [1.165, 1.54) is 42.2 Å². The molecule has 3 aromatic rings. The predicted octanol–water partition coefficient (Wildman–Crippen LogP) is 7.95. The highest BCUT2D eigenvalue weighted by atomic mass is 16.5. The highest BCUT2D eigenvalue weighted by Gasteiger charge is 2.29. The van der Waals surface area contributed by atoms with E-state index in [1.54, 1.807) is 0 Å². The second-order valence-electron chi connectivity index (χ2n) is 12.2. The predicted molar refractivity (Wildman–Crippen MR) is 165 cm³/mol. The first-order valence-corrected chi connectivity index (χ1v) is 15.7. The lowest BCUT2D eigenvalue weighted by atomic mass is 9.81. The molecule has 2 aromatic carbocycles. The monoisotopic (exact) mass is 541 g/mol. The molecule has 1 N–H and O–H groups in total. The van der Waals surface area contributed by atoms with Crippen LogP contribution in [0.1, 0.15) is 82.3 Å². The topological polar surface area (TPSA) is 54.5 Å². The van der Waals surface area contributed by atoms with Crippen LogP contribution in [0.3, 0.4) is 0 Å². The number of rotatable bonds is 11. The summed E-state index contributed by atoms with van der Waals surface area (Å²) in [4.78, 5) is 20.1. The van der Waals surface area contributed by atoms with Gasteiger partial charge in [-0.3, -0.25) is 9.78 Å². The normalized spacial score (nSPS) is 20.4. The van der Waals surface area contributed by atoms with E-state index in [0.29, 0.717) is 5.92 Å². The molecule has 0 radical (unpaired) electrons. The second-order valence-corrected chi connectivity index (χ2v) is 12.2. The molecule has 2 heterocycles. The fraction of sp³-hybridized carbons (Fsp3) is 0.543. The molecule has 1 aliphatic carbocycles. The van der Waals surface area contributed by atoms with Crippen molar-refractivity contribution >= 4 is 22.5 Å². The Morgan fingerprint density at radius 3 is 2.50 bits per heavy atom. The van der Waals surface area contributed by atoms with Crippen LogP contribution in [0.5, 0.6) is 5.75 Å². The van der Waals surface area contributed by atoms with Crippen LogP contribution in [0.4, 0.5) is 5.69 Å². The minimum absolute atomic E-state index is 0.141. The Labute approximate surface area is 240 Å².